The smallest absolute Gasteiger partial charge is 0.309 e. The predicted octanol–water partition coefficient (Wildman–Crippen LogP) is 5.12. The number of nitrogens with zero attached hydrogens (tertiary/aromatic N) is 4. The number of halogens is 3. The van der Waals surface area contributed by atoms with Crippen LogP contribution in [-0.2, 0) is 22.9 Å². The third kappa shape index (κ3) is 4.90. The van der Waals surface area contributed by atoms with E-state index < -0.39 is 11.9 Å². The van der Waals surface area contributed by atoms with E-state index in [1.54, 1.807) is 0 Å². The third-order valence-electron chi connectivity index (χ3n) is 6.98. The molecule has 0 unspecified atom stereocenters. The summed E-state index contributed by atoms with van der Waals surface area (Å²) in [5, 5.41) is 0. The minimum Gasteiger partial charge on any atom is -0.309 e. The Morgan fingerprint density at radius 2 is 1.85 bits per heavy atom. The highest BCUT2D eigenvalue weighted by Crippen LogP contribution is 2.41. The number of hydrogen-bond acceptors (Lipinski definition) is 4. The molecule has 1 fully saturated rings. The summed E-state index contributed by atoms with van der Waals surface area (Å²) in [5.41, 5.74) is 2.61. The number of aryl methyl sites for hydroxylation is 1. The lowest BCUT2D eigenvalue weighted by Gasteiger charge is -2.35. The molecular weight excluding hydrogens is 429 g/mol. The molecule has 0 radical (unpaired) electrons. The molecule has 3 heterocycles. The van der Waals surface area contributed by atoms with E-state index in [0.29, 0.717) is 19.1 Å². The number of alkyl halides is 3. The summed E-state index contributed by atoms with van der Waals surface area (Å²) in [6, 6.07) is 6.79. The molecule has 2 aliphatic rings. The largest absolute Gasteiger partial charge is 0.433 e. The van der Waals surface area contributed by atoms with Gasteiger partial charge in [-0.05, 0) is 63.4 Å². The zero-order valence-corrected chi connectivity index (χ0v) is 19.6. The van der Waals surface area contributed by atoms with Gasteiger partial charge in [-0.15, -0.1) is 0 Å². The van der Waals surface area contributed by atoms with Crippen molar-refractivity contribution in [2.75, 3.05) is 18.5 Å². The molecule has 33 heavy (non-hydrogen) atoms. The van der Waals surface area contributed by atoms with Gasteiger partial charge in [0.15, 0.2) is 0 Å². The van der Waals surface area contributed by atoms with Crippen LogP contribution in [0.1, 0.15) is 62.2 Å². The lowest BCUT2D eigenvalue weighted by atomic mass is 9.84. The molecule has 1 amide bonds. The van der Waals surface area contributed by atoms with Crippen LogP contribution >= 0.6 is 0 Å². The number of pyridine rings is 2. The SMILES string of the molecule is Cc1ccc2c(n1)C(C)(C)CN2C(=O)[C@H]1CC[C@H](N(C)Cc2ccc(C(F)(F)F)nc2)CC1. The van der Waals surface area contributed by atoms with Crippen LogP contribution in [0.15, 0.2) is 30.5 Å². The molecule has 0 N–H and O–H groups in total. The van der Waals surface area contributed by atoms with Gasteiger partial charge in [-0.3, -0.25) is 19.7 Å². The Balaban J connectivity index is 1.35. The minimum absolute atomic E-state index is 0.00885. The second-order valence-corrected chi connectivity index (χ2v) is 10.1. The first-order valence-corrected chi connectivity index (χ1v) is 11.5. The average Bonchev–Trinajstić information content (AvgIpc) is 3.03. The van der Waals surface area contributed by atoms with Crippen LogP contribution in [0.4, 0.5) is 18.9 Å². The molecule has 1 aliphatic carbocycles. The van der Waals surface area contributed by atoms with E-state index in [-0.39, 0.29) is 17.2 Å². The maximum atomic E-state index is 13.4. The van der Waals surface area contributed by atoms with Crippen LogP contribution in [-0.4, -0.2) is 40.4 Å². The van der Waals surface area contributed by atoms with E-state index in [4.69, 9.17) is 4.98 Å². The molecule has 0 bridgehead atoms. The summed E-state index contributed by atoms with van der Waals surface area (Å²) >= 11 is 0. The Morgan fingerprint density at radius 3 is 2.45 bits per heavy atom. The number of anilines is 1. The number of fused-ring (bicyclic) bond motifs is 1. The molecule has 5 nitrogen and oxygen atoms in total. The van der Waals surface area contributed by atoms with Crippen molar-refractivity contribution in [1.82, 2.24) is 14.9 Å². The van der Waals surface area contributed by atoms with E-state index >= 15 is 0 Å². The molecule has 0 atom stereocenters. The van der Waals surface area contributed by atoms with Gasteiger partial charge in [0.05, 0.1) is 11.4 Å². The molecule has 2 aromatic rings. The standard InChI is InChI=1S/C25H31F3N4O/c1-16-5-11-20-22(30-16)24(2,3)15-32(20)23(33)18-7-9-19(10-8-18)31(4)14-17-6-12-21(29-13-17)25(26,27)28/h5-6,11-13,18-19H,7-10,14-15H2,1-4H3/t18-,19-. The highest BCUT2D eigenvalue weighted by atomic mass is 19.4. The molecule has 0 saturated heterocycles. The fraction of sp³-hybridized carbons (Fsp3) is 0.560. The van der Waals surface area contributed by atoms with Crippen LogP contribution < -0.4 is 4.90 Å². The van der Waals surface area contributed by atoms with Gasteiger partial charge in [-0.2, -0.15) is 13.2 Å². The molecule has 4 rings (SSSR count). The van der Waals surface area contributed by atoms with Crippen molar-refractivity contribution in [2.24, 2.45) is 5.92 Å². The fourth-order valence-electron chi connectivity index (χ4n) is 5.10. The number of amides is 1. The first-order chi connectivity index (χ1) is 15.5. The Labute approximate surface area is 193 Å². The van der Waals surface area contributed by atoms with Crippen LogP contribution in [0.25, 0.3) is 0 Å². The third-order valence-corrected chi connectivity index (χ3v) is 6.98. The van der Waals surface area contributed by atoms with Crippen molar-refractivity contribution in [3.05, 3.63) is 53.1 Å². The summed E-state index contributed by atoms with van der Waals surface area (Å²) in [5.74, 6) is 0.172. The molecule has 1 aliphatic heterocycles. The van der Waals surface area contributed by atoms with E-state index in [1.807, 2.05) is 31.0 Å². The zero-order valence-electron chi connectivity index (χ0n) is 19.6. The summed E-state index contributed by atoms with van der Waals surface area (Å²) in [7, 11) is 1.98. The summed E-state index contributed by atoms with van der Waals surface area (Å²) < 4.78 is 38.2. The van der Waals surface area contributed by atoms with Gasteiger partial charge in [-0.25, -0.2) is 0 Å². The fourth-order valence-corrected chi connectivity index (χ4v) is 5.10. The summed E-state index contributed by atoms with van der Waals surface area (Å²) in [6.07, 6.45) is 0.274. The maximum Gasteiger partial charge on any atom is 0.433 e. The molecule has 8 heteroatoms. The van der Waals surface area contributed by atoms with Gasteiger partial charge >= 0.3 is 6.18 Å². The Kier molecular flexibility index (Phi) is 6.24. The maximum absolute atomic E-state index is 13.4. The van der Waals surface area contributed by atoms with Gasteiger partial charge in [0.1, 0.15) is 5.69 Å². The number of hydrogen-bond donors (Lipinski definition) is 0. The number of aromatic nitrogens is 2. The molecular formula is C25H31F3N4O. The van der Waals surface area contributed by atoms with Crippen molar-refractivity contribution in [3.63, 3.8) is 0 Å². The van der Waals surface area contributed by atoms with Crippen molar-refractivity contribution in [1.29, 1.82) is 0 Å². The predicted molar refractivity (Wildman–Crippen MR) is 121 cm³/mol. The number of carbonyl (C=O) groups is 1. The molecule has 178 valence electrons. The molecule has 0 spiro atoms. The normalized spacial score (nSPS) is 22.5. The van der Waals surface area contributed by atoms with Gasteiger partial charge in [0.25, 0.3) is 0 Å². The Hall–Kier alpha value is -2.48. The monoisotopic (exact) mass is 460 g/mol. The lowest BCUT2D eigenvalue weighted by molar-refractivity contribution is -0.141. The van der Waals surface area contributed by atoms with Gasteiger partial charge in [-0.1, -0.05) is 19.9 Å². The average molecular weight is 461 g/mol. The van der Waals surface area contributed by atoms with Crippen molar-refractivity contribution >= 4 is 11.6 Å². The van der Waals surface area contributed by atoms with Gasteiger partial charge < -0.3 is 4.90 Å². The molecule has 0 aromatic carbocycles. The second-order valence-electron chi connectivity index (χ2n) is 10.1. The van der Waals surface area contributed by atoms with Crippen molar-refractivity contribution in [3.8, 4) is 0 Å². The van der Waals surface area contributed by atoms with E-state index in [9.17, 15) is 18.0 Å². The Morgan fingerprint density at radius 1 is 1.15 bits per heavy atom. The highest BCUT2D eigenvalue weighted by molar-refractivity contribution is 5.97. The van der Waals surface area contributed by atoms with Crippen LogP contribution in [0.5, 0.6) is 0 Å². The highest BCUT2D eigenvalue weighted by Gasteiger charge is 2.42. The van der Waals surface area contributed by atoms with Crippen LogP contribution in [0.2, 0.25) is 0 Å². The van der Waals surface area contributed by atoms with Crippen LogP contribution in [0, 0.1) is 12.8 Å². The Bertz CT molecular complexity index is 1010. The summed E-state index contributed by atoms with van der Waals surface area (Å²) in [6.45, 7) is 7.42. The zero-order chi connectivity index (χ0) is 24.0. The van der Waals surface area contributed by atoms with Gasteiger partial charge in [0, 0.05) is 42.4 Å². The molecule has 1 saturated carbocycles. The van der Waals surface area contributed by atoms with Crippen molar-refractivity contribution in [2.45, 2.75) is 70.6 Å². The van der Waals surface area contributed by atoms with Gasteiger partial charge in [0.2, 0.25) is 5.91 Å². The van der Waals surface area contributed by atoms with E-state index in [1.165, 1.54) is 12.3 Å². The lowest BCUT2D eigenvalue weighted by Crippen LogP contribution is -2.42. The van der Waals surface area contributed by atoms with Crippen molar-refractivity contribution < 1.29 is 18.0 Å². The minimum atomic E-state index is -4.42. The van der Waals surface area contributed by atoms with Crippen LogP contribution in [0.3, 0.4) is 0 Å². The summed E-state index contributed by atoms with van der Waals surface area (Å²) in [4.78, 5) is 25.7. The first-order valence-electron chi connectivity index (χ1n) is 11.5. The number of rotatable bonds is 4. The number of carbonyl (C=O) groups excluding carboxylic acids is 1. The van der Waals surface area contributed by atoms with E-state index in [2.05, 4.69) is 23.7 Å². The second kappa shape index (κ2) is 8.70. The quantitative estimate of drug-likeness (QED) is 0.636. The topological polar surface area (TPSA) is 49.3 Å². The van der Waals surface area contributed by atoms with E-state index in [0.717, 1.165) is 54.4 Å². The molecule has 2 aromatic heterocycles. The first kappa shape index (κ1) is 23.7.